The van der Waals surface area contributed by atoms with E-state index in [4.69, 9.17) is 4.74 Å². The number of nitrogens with one attached hydrogen (secondary N) is 1. The lowest BCUT2D eigenvalue weighted by Gasteiger charge is -2.12. The molecule has 172 valence electrons. The second kappa shape index (κ2) is 9.99. The highest BCUT2D eigenvalue weighted by Gasteiger charge is 2.14. The third-order valence-electron chi connectivity index (χ3n) is 5.21. The monoisotopic (exact) mass is 457 g/mol. The smallest absolute Gasteiger partial charge is 0.343 e. The van der Waals surface area contributed by atoms with Crippen molar-refractivity contribution in [3.8, 4) is 17.0 Å². The fraction of sp³-hybridized carbons (Fsp3) is 0.154. The van der Waals surface area contributed by atoms with E-state index in [0.29, 0.717) is 22.5 Å². The summed E-state index contributed by atoms with van der Waals surface area (Å²) in [5.74, 6) is -0.433. The zero-order valence-electron chi connectivity index (χ0n) is 18.8. The maximum Gasteiger partial charge on any atom is 0.343 e. The Balaban J connectivity index is 1.55. The zero-order valence-corrected chi connectivity index (χ0v) is 18.8. The molecule has 0 aliphatic rings. The van der Waals surface area contributed by atoms with E-state index in [-0.39, 0.29) is 18.7 Å². The molecule has 1 heterocycles. The second-order valence-corrected chi connectivity index (χ2v) is 7.66. The number of carbonyl (C=O) groups is 2. The highest BCUT2D eigenvalue weighted by molar-refractivity contribution is 5.94. The number of carbonyl (C=O) groups excluding carboxylic acids is 2. The summed E-state index contributed by atoms with van der Waals surface area (Å²) >= 11 is 0. The number of methoxy groups -OCH3 is 1. The fourth-order valence-corrected chi connectivity index (χ4v) is 3.44. The van der Waals surface area contributed by atoms with Gasteiger partial charge in [-0.3, -0.25) is 9.59 Å². The second-order valence-electron chi connectivity index (χ2n) is 7.66. The van der Waals surface area contributed by atoms with Crippen LogP contribution in [0.5, 0.6) is 5.75 Å². The van der Waals surface area contributed by atoms with Crippen molar-refractivity contribution < 1.29 is 19.1 Å². The van der Waals surface area contributed by atoms with Crippen molar-refractivity contribution in [2.75, 3.05) is 19.0 Å². The first kappa shape index (κ1) is 22.7. The summed E-state index contributed by atoms with van der Waals surface area (Å²) in [6, 6.07) is 21.6. The van der Waals surface area contributed by atoms with Gasteiger partial charge in [0.1, 0.15) is 12.3 Å². The van der Waals surface area contributed by atoms with Crippen molar-refractivity contribution in [1.82, 2.24) is 9.78 Å². The van der Waals surface area contributed by atoms with Gasteiger partial charge in [0.25, 0.3) is 5.56 Å². The summed E-state index contributed by atoms with van der Waals surface area (Å²) in [5.41, 5.74) is 2.78. The van der Waals surface area contributed by atoms with Crippen LogP contribution in [-0.2, 0) is 20.9 Å². The van der Waals surface area contributed by atoms with Crippen LogP contribution in [0.4, 0.5) is 5.69 Å². The summed E-state index contributed by atoms with van der Waals surface area (Å²) in [4.78, 5) is 36.9. The Morgan fingerprint density at radius 3 is 2.29 bits per heavy atom. The molecule has 0 spiro atoms. The minimum absolute atomic E-state index is 0.206. The molecule has 0 radical (unpaired) electrons. The van der Waals surface area contributed by atoms with Crippen molar-refractivity contribution in [3.05, 3.63) is 88.7 Å². The molecule has 34 heavy (non-hydrogen) atoms. The van der Waals surface area contributed by atoms with Crippen LogP contribution in [0.3, 0.4) is 0 Å². The number of esters is 1. The van der Waals surface area contributed by atoms with Crippen molar-refractivity contribution in [2.45, 2.75) is 13.5 Å². The Morgan fingerprint density at radius 2 is 1.62 bits per heavy atom. The normalized spacial score (nSPS) is 10.6. The van der Waals surface area contributed by atoms with Gasteiger partial charge in [-0.15, -0.1) is 0 Å². The number of aryl methyl sites for hydroxylation is 1. The minimum atomic E-state index is -0.490. The summed E-state index contributed by atoms with van der Waals surface area (Å²) in [6.07, 6.45) is 0. The molecule has 0 aliphatic carbocycles. The van der Waals surface area contributed by atoms with Crippen LogP contribution in [0, 0.1) is 6.92 Å². The van der Waals surface area contributed by atoms with Gasteiger partial charge in [-0.1, -0.05) is 48.0 Å². The SMILES string of the molecule is COC(=O)COc1ccc(NC(=O)Cn2nc(-c3ccc(C)cc3)c3ccccc3c2=O)cc1. The van der Waals surface area contributed by atoms with Crippen LogP contribution in [0.2, 0.25) is 0 Å². The molecule has 0 atom stereocenters. The summed E-state index contributed by atoms with van der Waals surface area (Å²) in [6.45, 7) is 1.55. The number of fused-ring (bicyclic) bond motifs is 1. The number of rotatable bonds is 7. The van der Waals surface area contributed by atoms with Gasteiger partial charge in [-0.05, 0) is 37.3 Å². The number of ether oxygens (including phenoxy) is 2. The van der Waals surface area contributed by atoms with Gasteiger partial charge in [0.2, 0.25) is 5.91 Å². The lowest BCUT2D eigenvalue weighted by Crippen LogP contribution is -2.30. The molecular formula is C26H23N3O5. The number of hydrogen-bond acceptors (Lipinski definition) is 6. The lowest BCUT2D eigenvalue weighted by molar-refractivity contribution is -0.142. The predicted octanol–water partition coefficient (Wildman–Crippen LogP) is 3.56. The van der Waals surface area contributed by atoms with E-state index in [1.165, 1.54) is 11.8 Å². The molecule has 4 aromatic rings. The first-order valence-corrected chi connectivity index (χ1v) is 10.6. The Kier molecular flexibility index (Phi) is 6.68. The van der Waals surface area contributed by atoms with Crippen LogP contribution in [0.15, 0.2) is 77.6 Å². The molecule has 0 saturated carbocycles. The van der Waals surface area contributed by atoms with E-state index < -0.39 is 11.9 Å². The van der Waals surface area contributed by atoms with Gasteiger partial charge >= 0.3 is 5.97 Å². The van der Waals surface area contributed by atoms with Gasteiger partial charge in [-0.2, -0.15) is 5.10 Å². The standard InChI is InChI=1S/C26H23N3O5/c1-17-7-9-18(10-8-17)25-21-5-3-4-6-22(21)26(32)29(28-25)15-23(30)27-19-11-13-20(14-12-19)34-16-24(31)33-2/h3-14H,15-16H2,1-2H3,(H,27,30). The Hall–Kier alpha value is -4.46. The maximum atomic E-state index is 13.0. The number of benzene rings is 3. The average Bonchev–Trinajstić information content (AvgIpc) is 2.85. The largest absolute Gasteiger partial charge is 0.482 e. The van der Waals surface area contributed by atoms with Gasteiger partial charge in [0.05, 0.1) is 18.2 Å². The number of hydrogen-bond donors (Lipinski definition) is 1. The van der Waals surface area contributed by atoms with E-state index >= 15 is 0 Å². The molecule has 1 N–H and O–H groups in total. The molecule has 1 aromatic heterocycles. The van der Waals surface area contributed by atoms with Crippen molar-refractivity contribution >= 4 is 28.3 Å². The molecule has 0 fully saturated rings. The highest BCUT2D eigenvalue weighted by Crippen LogP contribution is 2.25. The van der Waals surface area contributed by atoms with E-state index in [9.17, 15) is 14.4 Å². The molecule has 0 unspecified atom stereocenters. The first-order chi connectivity index (χ1) is 16.4. The van der Waals surface area contributed by atoms with E-state index in [1.54, 1.807) is 36.4 Å². The lowest BCUT2D eigenvalue weighted by atomic mass is 10.0. The summed E-state index contributed by atoms with van der Waals surface area (Å²) in [7, 11) is 1.28. The number of amides is 1. The molecule has 8 heteroatoms. The van der Waals surface area contributed by atoms with Crippen LogP contribution in [-0.4, -0.2) is 35.4 Å². The molecule has 8 nitrogen and oxygen atoms in total. The maximum absolute atomic E-state index is 13.0. The molecule has 0 bridgehead atoms. The Morgan fingerprint density at radius 1 is 0.941 bits per heavy atom. The Labute approximate surface area is 195 Å². The van der Waals surface area contributed by atoms with Crippen LogP contribution in [0.25, 0.3) is 22.0 Å². The van der Waals surface area contributed by atoms with Crippen molar-refractivity contribution in [3.63, 3.8) is 0 Å². The first-order valence-electron chi connectivity index (χ1n) is 10.6. The van der Waals surface area contributed by atoms with Crippen molar-refractivity contribution in [2.24, 2.45) is 0 Å². The number of aromatic nitrogens is 2. The molecule has 3 aromatic carbocycles. The average molecular weight is 457 g/mol. The van der Waals surface area contributed by atoms with Crippen molar-refractivity contribution in [1.29, 1.82) is 0 Å². The van der Waals surface area contributed by atoms with Gasteiger partial charge < -0.3 is 14.8 Å². The highest BCUT2D eigenvalue weighted by atomic mass is 16.6. The predicted molar refractivity (Wildman–Crippen MR) is 129 cm³/mol. The summed E-state index contributed by atoms with van der Waals surface area (Å²) < 4.78 is 11.0. The van der Waals surface area contributed by atoms with Gasteiger partial charge in [0.15, 0.2) is 6.61 Å². The zero-order chi connectivity index (χ0) is 24.1. The van der Waals surface area contributed by atoms with Gasteiger partial charge in [-0.25, -0.2) is 9.48 Å². The molecule has 1 amide bonds. The van der Waals surface area contributed by atoms with E-state index in [0.717, 1.165) is 16.5 Å². The Bertz CT molecular complexity index is 1390. The third kappa shape index (κ3) is 5.12. The fourth-order valence-electron chi connectivity index (χ4n) is 3.44. The van der Waals surface area contributed by atoms with Crippen LogP contribution >= 0.6 is 0 Å². The minimum Gasteiger partial charge on any atom is -0.482 e. The van der Waals surface area contributed by atoms with E-state index in [1.807, 2.05) is 43.3 Å². The molecule has 0 saturated heterocycles. The van der Waals surface area contributed by atoms with Crippen LogP contribution in [0.1, 0.15) is 5.56 Å². The number of nitrogens with zero attached hydrogens (tertiary/aromatic N) is 2. The van der Waals surface area contributed by atoms with Crippen LogP contribution < -0.4 is 15.6 Å². The quantitative estimate of drug-likeness (QED) is 0.426. The molecule has 0 aliphatic heterocycles. The summed E-state index contributed by atoms with van der Waals surface area (Å²) in [5, 5.41) is 8.50. The number of anilines is 1. The topological polar surface area (TPSA) is 99.5 Å². The molecule has 4 rings (SSSR count). The van der Waals surface area contributed by atoms with E-state index in [2.05, 4.69) is 15.2 Å². The molecular weight excluding hydrogens is 434 g/mol. The van der Waals surface area contributed by atoms with Gasteiger partial charge in [0, 0.05) is 16.6 Å². The third-order valence-corrected chi connectivity index (χ3v) is 5.21.